The summed E-state index contributed by atoms with van der Waals surface area (Å²) in [7, 11) is 0. The van der Waals surface area contributed by atoms with E-state index in [0.29, 0.717) is 11.3 Å². The second kappa shape index (κ2) is 3.54. The highest BCUT2D eigenvalue weighted by Crippen LogP contribution is 2.16. The lowest BCUT2D eigenvalue weighted by molar-refractivity contribution is -0.000381. The van der Waals surface area contributed by atoms with Crippen molar-refractivity contribution in [3.63, 3.8) is 0 Å². The van der Waals surface area contributed by atoms with Crippen molar-refractivity contribution in [2.45, 2.75) is 20.1 Å². The van der Waals surface area contributed by atoms with Crippen LogP contribution in [0.5, 0.6) is 5.75 Å². The minimum Gasteiger partial charge on any atom is -0.465 e. The van der Waals surface area contributed by atoms with E-state index < -0.39 is 6.29 Å². The summed E-state index contributed by atoms with van der Waals surface area (Å²) < 4.78 is 17.7. The Morgan fingerprint density at radius 1 is 1.50 bits per heavy atom. The van der Waals surface area contributed by atoms with E-state index in [1.807, 2.05) is 0 Å². The highest BCUT2D eigenvalue weighted by molar-refractivity contribution is 5.28. The predicted octanol–water partition coefficient (Wildman–Crippen LogP) is 1.85. The maximum Gasteiger partial charge on any atom is 0.194 e. The van der Waals surface area contributed by atoms with Gasteiger partial charge in [-0.2, -0.15) is 0 Å². The molecule has 0 heterocycles. The Hall–Kier alpha value is -1.09. The average Bonchev–Trinajstić information content (AvgIpc) is 1.96. The molecular formula is C9H11FO2. The number of benzene rings is 1. The van der Waals surface area contributed by atoms with Gasteiger partial charge >= 0.3 is 0 Å². The summed E-state index contributed by atoms with van der Waals surface area (Å²) >= 11 is 0. The van der Waals surface area contributed by atoms with Crippen molar-refractivity contribution >= 4 is 0 Å². The van der Waals surface area contributed by atoms with Gasteiger partial charge in [-0.25, -0.2) is 4.39 Å². The van der Waals surface area contributed by atoms with Gasteiger partial charge < -0.3 is 9.84 Å². The Morgan fingerprint density at radius 3 is 2.67 bits per heavy atom. The molecule has 1 aromatic carbocycles. The Balaban J connectivity index is 2.82. The summed E-state index contributed by atoms with van der Waals surface area (Å²) in [4.78, 5) is 0. The molecule has 1 rings (SSSR count). The van der Waals surface area contributed by atoms with Crippen molar-refractivity contribution in [3.05, 3.63) is 29.6 Å². The van der Waals surface area contributed by atoms with Crippen LogP contribution in [0.3, 0.4) is 0 Å². The highest BCUT2D eigenvalue weighted by Gasteiger charge is 2.01. The third-order valence-electron chi connectivity index (χ3n) is 1.44. The zero-order valence-corrected chi connectivity index (χ0v) is 7.04. The zero-order valence-electron chi connectivity index (χ0n) is 7.04. The largest absolute Gasteiger partial charge is 0.465 e. The number of aliphatic hydroxyl groups is 1. The predicted molar refractivity (Wildman–Crippen MR) is 43.4 cm³/mol. The van der Waals surface area contributed by atoms with Gasteiger partial charge in [0.2, 0.25) is 0 Å². The molecule has 3 heteroatoms. The monoisotopic (exact) mass is 170 g/mol. The van der Waals surface area contributed by atoms with Gasteiger partial charge in [0.05, 0.1) is 0 Å². The van der Waals surface area contributed by atoms with E-state index in [4.69, 9.17) is 9.84 Å². The molecule has 1 aromatic rings. The Labute approximate surface area is 70.6 Å². The van der Waals surface area contributed by atoms with Gasteiger partial charge in [-0.15, -0.1) is 0 Å². The van der Waals surface area contributed by atoms with Crippen molar-refractivity contribution in [1.29, 1.82) is 0 Å². The molecule has 0 bridgehead atoms. The highest BCUT2D eigenvalue weighted by atomic mass is 19.1. The fourth-order valence-electron chi connectivity index (χ4n) is 0.887. The van der Waals surface area contributed by atoms with Crippen LogP contribution in [0, 0.1) is 12.7 Å². The minimum atomic E-state index is -0.866. The fraction of sp³-hybridized carbons (Fsp3) is 0.333. The lowest BCUT2D eigenvalue weighted by atomic mass is 10.2. The number of hydrogen-bond acceptors (Lipinski definition) is 2. The molecule has 0 saturated heterocycles. The van der Waals surface area contributed by atoms with E-state index in [1.54, 1.807) is 13.0 Å². The van der Waals surface area contributed by atoms with Crippen LogP contribution in [0.15, 0.2) is 18.2 Å². The van der Waals surface area contributed by atoms with Crippen LogP contribution >= 0.6 is 0 Å². The summed E-state index contributed by atoms with van der Waals surface area (Å²) in [6.45, 7) is 3.14. The van der Waals surface area contributed by atoms with Crippen LogP contribution in [-0.2, 0) is 0 Å². The topological polar surface area (TPSA) is 29.5 Å². The molecule has 0 aliphatic heterocycles. The van der Waals surface area contributed by atoms with Crippen LogP contribution in [0.1, 0.15) is 12.5 Å². The lowest BCUT2D eigenvalue weighted by Crippen LogP contribution is -2.09. The van der Waals surface area contributed by atoms with Crippen LogP contribution < -0.4 is 4.74 Å². The third-order valence-corrected chi connectivity index (χ3v) is 1.44. The first-order valence-electron chi connectivity index (χ1n) is 3.70. The third kappa shape index (κ3) is 2.20. The van der Waals surface area contributed by atoms with Crippen molar-refractivity contribution in [1.82, 2.24) is 0 Å². The smallest absolute Gasteiger partial charge is 0.194 e. The molecule has 0 aliphatic carbocycles. The summed E-state index contributed by atoms with van der Waals surface area (Å²) in [5.41, 5.74) is 0.508. The van der Waals surface area contributed by atoms with Crippen molar-refractivity contribution in [3.8, 4) is 5.75 Å². The number of rotatable bonds is 2. The summed E-state index contributed by atoms with van der Waals surface area (Å²) in [6, 6.07) is 4.34. The summed E-state index contributed by atoms with van der Waals surface area (Å²) in [6.07, 6.45) is -0.866. The first kappa shape index (κ1) is 9.00. The molecular weight excluding hydrogens is 159 g/mol. The number of halogens is 1. The van der Waals surface area contributed by atoms with Crippen LogP contribution in [-0.4, -0.2) is 11.4 Å². The van der Waals surface area contributed by atoms with E-state index in [1.165, 1.54) is 19.1 Å². The average molecular weight is 170 g/mol. The Morgan fingerprint density at radius 2 is 2.17 bits per heavy atom. The van der Waals surface area contributed by atoms with Gasteiger partial charge in [0.15, 0.2) is 6.29 Å². The molecule has 1 unspecified atom stereocenters. The van der Waals surface area contributed by atoms with Gasteiger partial charge in [0.1, 0.15) is 11.6 Å². The molecule has 12 heavy (non-hydrogen) atoms. The number of aliphatic hydroxyl groups excluding tert-OH is 1. The van der Waals surface area contributed by atoms with Crippen molar-refractivity contribution < 1.29 is 14.2 Å². The first-order chi connectivity index (χ1) is 5.59. The minimum absolute atomic E-state index is 0.270. The molecule has 1 N–H and O–H groups in total. The SMILES string of the molecule is Cc1cc(OC(C)O)ccc1F. The lowest BCUT2D eigenvalue weighted by Gasteiger charge is -2.08. The molecule has 0 spiro atoms. The van der Waals surface area contributed by atoms with Crippen molar-refractivity contribution in [2.75, 3.05) is 0 Å². The van der Waals surface area contributed by atoms with Crippen LogP contribution in [0.2, 0.25) is 0 Å². The van der Waals surface area contributed by atoms with E-state index in [9.17, 15) is 4.39 Å². The van der Waals surface area contributed by atoms with E-state index in [-0.39, 0.29) is 5.82 Å². The second-order valence-corrected chi connectivity index (χ2v) is 2.63. The van der Waals surface area contributed by atoms with Crippen LogP contribution in [0.25, 0.3) is 0 Å². The van der Waals surface area contributed by atoms with Gasteiger partial charge in [0, 0.05) is 0 Å². The maximum absolute atomic E-state index is 12.7. The standard InChI is InChI=1S/C9H11FO2/c1-6-5-8(12-7(2)11)3-4-9(6)10/h3-5,7,11H,1-2H3. The first-order valence-corrected chi connectivity index (χ1v) is 3.70. The number of hydrogen-bond donors (Lipinski definition) is 1. The molecule has 1 atom stereocenters. The Bertz CT molecular complexity index is 271. The van der Waals surface area contributed by atoms with Gasteiger partial charge in [0.25, 0.3) is 0 Å². The maximum atomic E-state index is 12.7. The summed E-state index contributed by atoms with van der Waals surface area (Å²) in [5, 5.41) is 8.85. The van der Waals surface area contributed by atoms with Gasteiger partial charge in [-0.05, 0) is 37.6 Å². The molecule has 66 valence electrons. The van der Waals surface area contributed by atoms with Crippen LogP contribution in [0.4, 0.5) is 4.39 Å². The molecule has 0 saturated carbocycles. The molecule has 2 nitrogen and oxygen atoms in total. The van der Waals surface area contributed by atoms with Gasteiger partial charge in [-0.1, -0.05) is 0 Å². The Kier molecular flexibility index (Phi) is 2.65. The molecule has 0 fully saturated rings. The fourth-order valence-corrected chi connectivity index (χ4v) is 0.887. The van der Waals surface area contributed by atoms with E-state index in [2.05, 4.69) is 0 Å². The molecule has 0 amide bonds. The zero-order chi connectivity index (χ0) is 9.14. The van der Waals surface area contributed by atoms with E-state index in [0.717, 1.165) is 0 Å². The van der Waals surface area contributed by atoms with E-state index >= 15 is 0 Å². The summed E-state index contributed by atoms with van der Waals surface area (Å²) in [5.74, 6) is 0.205. The normalized spacial score (nSPS) is 12.7. The molecule has 0 radical (unpaired) electrons. The number of aryl methyl sites for hydroxylation is 1. The molecule has 0 aromatic heterocycles. The molecule has 0 aliphatic rings. The van der Waals surface area contributed by atoms with Gasteiger partial charge in [-0.3, -0.25) is 0 Å². The quantitative estimate of drug-likeness (QED) is 0.686. The number of ether oxygens (including phenoxy) is 1. The second-order valence-electron chi connectivity index (χ2n) is 2.63. The van der Waals surface area contributed by atoms with Crippen molar-refractivity contribution in [2.24, 2.45) is 0 Å².